The molecule has 0 bridgehead atoms. The molecule has 0 aliphatic carbocycles. The minimum absolute atomic E-state index is 0.0348. The normalized spacial score (nSPS) is 32.2. The molecule has 1 N–H and O–H groups in total. The summed E-state index contributed by atoms with van der Waals surface area (Å²) < 4.78 is 0. The Balaban J connectivity index is 1.80. The second-order valence-electron chi connectivity index (χ2n) is 5.95. The summed E-state index contributed by atoms with van der Waals surface area (Å²) in [5.41, 5.74) is 0.781. The van der Waals surface area contributed by atoms with Crippen LogP contribution in [0.5, 0.6) is 0 Å². The van der Waals surface area contributed by atoms with Crippen LogP contribution in [-0.2, 0) is 0 Å². The third-order valence-corrected chi connectivity index (χ3v) is 4.88. The second-order valence-corrected chi connectivity index (χ2v) is 5.95. The monoisotopic (exact) mass is 276 g/mol. The van der Waals surface area contributed by atoms with E-state index in [1.807, 2.05) is 37.3 Å². The fourth-order valence-electron chi connectivity index (χ4n) is 3.82. The maximum atomic E-state index is 11.5. The van der Waals surface area contributed by atoms with Gasteiger partial charge in [0.05, 0.1) is 12.1 Å². The minimum atomic E-state index is -0.656. The van der Waals surface area contributed by atoms with Gasteiger partial charge in [0.1, 0.15) is 0 Å². The van der Waals surface area contributed by atoms with Crippen LogP contribution in [0.25, 0.3) is 0 Å². The largest absolute Gasteiger partial charge is 0.393 e. The van der Waals surface area contributed by atoms with E-state index < -0.39 is 6.04 Å². The molecule has 3 rings (SSSR count). The Kier molecular flexibility index (Phi) is 3.48. The first-order valence-electron chi connectivity index (χ1n) is 7.22. The SMILES string of the molecule is C[C@@H](O)C1CN2C1CCC2C(c1ccccc1)[N+](=O)[O-]. The van der Waals surface area contributed by atoms with Gasteiger partial charge in [-0.1, -0.05) is 30.3 Å². The number of fused-ring (bicyclic) bond motifs is 1. The van der Waals surface area contributed by atoms with E-state index in [0.29, 0.717) is 6.04 Å². The molecule has 2 heterocycles. The van der Waals surface area contributed by atoms with Gasteiger partial charge >= 0.3 is 0 Å². The standard InChI is InChI=1S/C15H20N2O3/c1-10(18)12-9-16-13(12)7-8-14(16)15(17(19)20)11-5-3-2-4-6-11/h2-6,10,12-15,18H,7-9H2,1H3/t10-,12?,13?,14?,15?/m1/s1. The number of hydrogen-bond acceptors (Lipinski definition) is 4. The summed E-state index contributed by atoms with van der Waals surface area (Å²) in [5.74, 6) is 0.281. The molecule has 4 unspecified atom stereocenters. The van der Waals surface area contributed by atoms with Crippen molar-refractivity contribution in [1.29, 1.82) is 0 Å². The first-order chi connectivity index (χ1) is 9.59. The lowest BCUT2D eigenvalue weighted by molar-refractivity contribution is -0.537. The van der Waals surface area contributed by atoms with Crippen molar-refractivity contribution >= 4 is 0 Å². The Morgan fingerprint density at radius 1 is 1.35 bits per heavy atom. The zero-order valence-electron chi connectivity index (χ0n) is 11.6. The molecule has 108 valence electrons. The summed E-state index contributed by atoms with van der Waals surface area (Å²) in [4.78, 5) is 13.6. The molecule has 2 aliphatic rings. The van der Waals surface area contributed by atoms with Gasteiger partial charge in [0.2, 0.25) is 0 Å². The quantitative estimate of drug-likeness (QED) is 0.673. The summed E-state index contributed by atoms with van der Waals surface area (Å²) >= 11 is 0. The lowest BCUT2D eigenvalue weighted by Crippen LogP contribution is -2.60. The average molecular weight is 276 g/mol. The van der Waals surface area contributed by atoms with E-state index in [1.165, 1.54) is 0 Å². The number of aliphatic hydroxyl groups is 1. The predicted octanol–water partition coefficient (Wildman–Crippen LogP) is 1.85. The molecule has 20 heavy (non-hydrogen) atoms. The predicted molar refractivity (Wildman–Crippen MR) is 74.9 cm³/mol. The van der Waals surface area contributed by atoms with Gasteiger partial charge < -0.3 is 5.11 Å². The lowest BCUT2D eigenvalue weighted by Gasteiger charge is -2.48. The van der Waals surface area contributed by atoms with Crippen molar-refractivity contribution in [3.63, 3.8) is 0 Å². The van der Waals surface area contributed by atoms with Crippen LogP contribution in [0.2, 0.25) is 0 Å². The number of hydrogen-bond donors (Lipinski definition) is 1. The smallest absolute Gasteiger partial charge is 0.253 e. The van der Waals surface area contributed by atoms with E-state index in [9.17, 15) is 15.2 Å². The summed E-state index contributed by atoms with van der Waals surface area (Å²) in [6, 6.07) is 8.90. The van der Waals surface area contributed by atoms with Gasteiger partial charge in [0, 0.05) is 29.0 Å². The number of rotatable bonds is 4. The summed E-state index contributed by atoms with van der Waals surface area (Å²) in [6.07, 6.45) is 1.48. The Morgan fingerprint density at radius 2 is 2.05 bits per heavy atom. The van der Waals surface area contributed by atoms with Gasteiger partial charge in [0.15, 0.2) is 0 Å². The molecule has 0 saturated carbocycles. The molecular formula is C15H20N2O3. The number of aliphatic hydroxyl groups excluding tert-OH is 1. The Morgan fingerprint density at radius 3 is 2.65 bits per heavy atom. The van der Waals surface area contributed by atoms with Gasteiger partial charge in [-0.15, -0.1) is 0 Å². The van der Waals surface area contributed by atoms with Crippen molar-refractivity contribution in [1.82, 2.24) is 4.90 Å². The second kappa shape index (κ2) is 5.14. The van der Waals surface area contributed by atoms with Crippen molar-refractivity contribution in [2.24, 2.45) is 5.92 Å². The van der Waals surface area contributed by atoms with E-state index >= 15 is 0 Å². The van der Waals surface area contributed by atoms with Crippen LogP contribution in [0.3, 0.4) is 0 Å². The van der Waals surface area contributed by atoms with Crippen LogP contribution in [0.15, 0.2) is 30.3 Å². The molecule has 2 aliphatic heterocycles. The molecule has 5 nitrogen and oxygen atoms in total. The fourth-order valence-corrected chi connectivity index (χ4v) is 3.82. The van der Waals surface area contributed by atoms with Crippen LogP contribution < -0.4 is 0 Å². The summed E-state index contributed by atoms with van der Waals surface area (Å²) in [6.45, 7) is 2.60. The first kappa shape index (κ1) is 13.5. The van der Waals surface area contributed by atoms with Gasteiger partial charge in [0.25, 0.3) is 6.04 Å². The Hall–Kier alpha value is -1.46. The highest BCUT2D eigenvalue weighted by Gasteiger charge is 2.53. The molecular weight excluding hydrogens is 256 g/mol. The minimum Gasteiger partial charge on any atom is -0.393 e. The van der Waals surface area contributed by atoms with Gasteiger partial charge in [-0.2, -0.15) is 0 Å². The van der Waals surface area contributed by atoms with Crippen molar-refractivity contribution in [3.8, 4) is 0 Å². The van der Waals surface area contributed by atoms with Gasteiger partial charge in [-0.05, 0) is 19.8 Å². The van der Waals surface area contributed by atoms with Crippen LogP contribution >= 0.6 is 0 Å². The zero-order valence-corrected chi connectivity index (χ0v) is 11.6. The lowest BCUT2D eigenvalue weighted by atomic mass is 9.85. The van der Waals surface area contributed by atoms with Crippen LogP contribution in [0.1, 0.15) is 31.4 Å². The van der Waals surface area contributed by atoms with Crippen molar-refractivity contribution in [2.45, 2.75) is 44.0 Å². The van der Waals surface area contributed by atoms with E-state index in [1.54, 1.807) is 0 Å². The number of nitro groups is 1. The Bertz CT molecular complexity index is 491. The van der Waals surface area contributed by atoms with E-state index in [-0.39, 0.29) is 23.0 Å². The third kappa shape index (κ3) is 2.11. The van der Waals surface area contributed by atoms with Crippen molar-refractivity contribution < 1.29 is 10.0 Å². The first-order valence-corrected chi connectivity index (χ1v) is 7.22. The molecule has 0 amide bonds. The molecule has 2 fully saturated rings. The van der Waals surface area contributed by atoms with E-state index in [4.69, 9.17) is 0 Å². The molecule has 5 heteroatoms. The molecule has 0 radical (unpaired) electrons. The molecule has 0 spiro atoms. The van der Waals surface area contributed by atoms with E-state index in [0.717, 1.165) is 24.9 Å². The molecule has 1 aromatic carbocycles. The topological polar surface area (TPSA) is 66.6 Å². The highest BCUT2D eigenvalue weighted by molar-refractivity contribution is 5.20. The van der Waals surface area contributed by atoms with Gasteiger partial charge in [-0.3, -0.25) is 15.0 Å². The Labute approximate surface area is 118 Å². The molecule has 2 saturated heterocycles. The van der Waals surface area contributed by atoms with Crippen molar-refractivity contribution in [2.75, 3.05) is 6.54 Å². The van der Waals surface area contributed by atoms with Crippen molar-refractivity contribution in [3.05, 3.63) is 46.0 Å². The van der Waals surface area contributed by atoms with Crippen LogP contribution in [0.4, 0.5) is 0 Å². The van der Waals surface area contributed by atoms with E-state index in [2.05, 4.69) is 4.90 Å². The molecule has 5 atom stereocenters. The van der Waals surface area contributed by atoms with Crippen LogP contribution in [0, 0.1) is 16.0 Å². The highest BCUT2D eigenvalue weighted by atomic mass is 16.6. The summed E-state index contributed by atoms with van der Waals surface area (Å²) in [7, 11) is 0. The molecule has 1 aromatic rings. The average Bonchev–Trinajstić information content (AvgIpc) is 2.66. The number of benzene rings is 1. The zero-order chi connectivity index (χ0) is 14.3. The number of nitrogens with zero attached hydrogens (tertiary/aromatic N) is 2. The highest BCUT2D eigenvalue weighted by Crippen LogP contribution is 2.44. The maximum Gasteiger partial charge on any atom is 0.253 e. The maximum absolute atomic E-state index is 11.5. The van der Waals surface area contributed by atoms with Crippen LogP contribution in [-0.4, -0.2) is 39.7 Å². The molecule has 0 aromatic heterocycles. The fraction of sp³-hybridized carbons (Fsp3) is 0.600. The third-order valence-electron chi connectivity index (χ3n) is 4.88. The summed E-state index contributed by atoms with van der Waals surface area (Å²) in [5, 5.41) is 21.2. The van der Waals surface area contributed by atoms with Gasteiger partial charge in [-0.25, -0.2) is 0 Å².